The van der Waals surface area contributed by atoms with Gasteiger partial charge in [0.25, 0.3) is 0 Å². The zero-order chi connectivity index (χ0) is 30.8. The van der Waals surface area contributed by atoms with Gasteiger partial charge in [-0.1, -0.05) is 48.9 Å². The van der Waals surface area contributed by atoms with Crippen molar-refractivity contribution in [3.05, 3.63) is 52.9 Å². The third-order valence-electron chi connectivity index (χ3n) is 8.05. The molecule has 1 saturated heterocycles. The second kappa shape index (κ2) is 13.0. The highest BCUT2D eigenvalue weighted by Gasteiger charge is 2.37. The first kappa shape index (κ1) is 31.6. The number of rotatable bonds is 13. The minimum absolute atomic E-state index is 0.0615. The van der Waals surface area contributed by atoms with Crippen molar-refractivity contribution < 1.29 is 22.3 Å². The fourth-order valence-corrected chi connectivity index (χ4v) is 6.85. The lowest BCUT2D eigenvalue weighted by Crippen LogP contribution is -2.47. The lowest BCUT2D eigenvalue weighted by molar-refractivity contribution is 0.0729. The van der Waals surface area contributed by atoms with Gasteiger partial charge in [-0.3, -0.25) is 0 Å². The molecule has 14 heteroatoms. The highest BCUT2D eigenvalue weighted by molar-refractivity contribution is 7.90. The number of methoxy groups -OCH3 is 1. The summed E-state index contributed by atoms with van der Waals surface area (Å²) in [5.74, 6) is 2.06. The van der Waals surface area contributed by atoms with Crippen LogP contribution in [-0.2, 0) is 31.6 Å². The normalized spacial score (nSPS) is 20.5. The van der Waals surface area contributed by atoms with Crippen LogP contribution in [0.2, 0.25) is 5.02 Å². The monoisotopic (exact) mass is 633 g/mol. The maximum atomic E-state index is 13.7. The van der Waals surface area contributed by atoms with Crippen LogP contribution in [0.25, 0.3) is 11.5 Å². The second-order valence-electron chi connectivity index (χ2n) is 11.6. The third kappa shape index (κ3) is 7.13. The maximum absolute atomic E-state index is 13.7. The van der Waals surface area contributed by atoms with Gasteiger partial charge >= 0.3 is 10.2 Å². The molecule has 5 rings (SSSR count). The van der Waals surface area contributed by atoms with E-state index in [2.05, 4.69) is 22.0 Å². The van der Waals surface area contributed by atoms with Gasteiger partial charge in [0.05, 0.1) is 35.9 Å². The van der Waals surface area contributed by atoms with Gasteiger partial charge in [0.15, 0.2) is 5.82 Å². The van der Waals surface area contributed by atoms with E-state index in [1.807, 2.05) is 37.3 Å². The molecular formula is C29H40ClN7O5S. The van der Waals surface area contributed by atoms with Crippen LogP contribution in [0.1, 0.15) is 31.7 Å². The Kier molecular flexibility index (Phi) is 9.59. The van der Waals surface area contributed by atoms with Crippen LogP contribution in [0.4, 0.5) is 11.6 Å². The first-order chi connectivity index (χ1) is 20.5. The molecule has 0 spiro atoms. The molecule has 43 heavy (non-hydrogen) atoms. The molecule has 2 aromatic heterocycles. The van der Waals surface area contributed by atoms with Crippen molar-refractivity contribution in [1.82, 2.24) is 19.5 Å². The standard InChI is InChI=1S/C29H40ClN7O5S/c1-20-16-22(20)19-36(10-13-40-4)24-17-23(25(30)26(32-24)35(3)43(38,39)37-11-14-41-15-12-37)27-33-34-28(42-27)29(2,31)18-21-8-6-5-7-9-21/h5-9,17,20,22H,10-16,18-19,31H2,1-4H3. The number of anilines is 2. The average Bonchev–Trinajstić information content (AvgIpc) is 3.46. The Bertz CT molecular complexity index is 1500. The van der Waals surface area contributed by atoms with Crippen molar-refractivity contribution in [3.8, 4) is 11.5 Å². The summed E-state index contributed by atoms with van der Waals surface area (Å²) in [5.41, 5.74) is 7.09. The van der Waals surface area contributed by atoms with Gasteiger partial charge in [-0.25, -0.2) is 9.29 Å². The van der Waals surface area contributed by atoms with Crippen LogP contribution in [0.3, 0.4) is 0 Å². The van der Waals surface area contributed by atoms with E-state index in [0.717, 1.165) is 22.8 Å². The van der Waals surface area contributed by atoms with Crippen LogP contribution in [0, 0.1) is 11.8 Å². The number of nitrogens with two attached hydrogens (primary N) is 1. The van der Waals surface area contributed by atoms with E-state index in [1.165, 1.54) is 11.4 Å². The third-order valence-corrected chi connectivity index (χ3v) is 10.3. The van der Waals surface area contributed by atoms with Crippen molar-refractivity contribution >= 4 is 33.4 Å². The van der Waals surface area contributed by atoms with E-state index in [-0.39, 0.29) is 35.7 Å². The Balaban J connectivity index is 1.56. The summed E-state index contributed by atoms with van der Waals surface area (Å²) in [6.45, 7) is 6.91. The topological polar surface area (TPSA) is 140 Å². The van der Waals surface area contributed by atoms with Crippen molar-refractivity contribution in [2.24, 2.45) is 17.6 Å². The summed E-state index contributed by atoms with van der Waals surface area (Å²) in [7, 11) is -0.864. The van der Waals surface area contributed by atoms with Crippen molar-refractivity contribution in [3.63, 3.8) is 0 Å². The molecule has 0 bridgehead atoms. The van der Waals surface area contributed by atoms with Crippen molar-refractivity contribution in [2.75, 3.05) is 69.4 Å². The van der Waals surface area contributed by atoms with Gasteiger partial charge in [-0.05, 0) is 43.2 Å². The summed E-state index contributed by atoms with van der Waals surface area (Å²) in [5, 5.41) is 8.67. The van der Waals surface area contributed by atoms with Gasteiger partial charge in [0.1, 0.15) is 5.82 Å². The Labute approximate surface area is 258 Å². The minimum Gasteiger partial charge on any atom is -0.419 e. The van der Waals surface area contributed by atoms with Gasteiger partial charge < -0.3 is 24.5 Å². The molecule has 234 valence electrons. The van der Waals surface area contributed by atoms with Crippen molar-refractivity contribution in [2.45, 2.75) is 32.2 Å². The summed E-state index contributed by atoms with van der Waals surface area (Å²) in [6.07, 6.45) is 1.59. The fraction of sp³-hybridized carbons (Fsp3) is 0.552. The number of benzene rings is 1. The summed E-state index contributed by atoms with van der Waals surface area (Å²) in [6, 6.07) is 11.6. The maximum Gasteiger partial charge on any atom is 0.305 e. The quantitative estimate of drug-likeness (QED) is 0.298. The molecule has 3 heterocycles. The van der Waals surface area contributed by atoms with E-state index in [0.29, 0.717) is 56.0 Å². The molecule has 1 saturated carbocycles. The number of hydrogen-bond donors (Lipinski definition) is 1. The van der Waals surface area contributed by atoms with Crippen LogP contribution in [-0.4, -0.2) is 88.1 Å². The Morgan fingerprint density at radius 1 is 1.21 bits per heavy atom. The first-order valence-electron chi connectivity index (χ1n) is 14.4. The molecule has 0 amide bonds. The van der Waals surface area contributed by atoms with Crippen LogP contribution in [0.15, 0.2) is 40.8 Å². The number of nitrogens with zero attached hydrogens (tertiary/aromatic N) is 6. The van der Waals surface area contributed by atoms with Gasteiger partial charge in [0.2, 0.25) is 11.8 Å². The molecule has 3 unspecified atom stereocenters. The molecular weight excluding hydrogens is 594 g/mol. The second-order valence-corrected chi connectivity index (χ2v) is 13.9. The SMILES string of the molecule is COCCN(CC1CC1C)c1cc(-c2nnc(C(C)(N)Cc3ccccc3)o2)c(Cl)c(N(C)S(=O)(=O)N2CCOCC2)n1. The number of aromatic nitrogens is 3. The van der Waals surface area contributed by atoms with E-state index in [1.54, 1.807) is 13.2 Å². The predicted octanol–water partition coefficient (Wildman–Crippen LogP) is 3.32. The van der Waals surface area contributed by atoms with Gasteiger partial charge in [0, 0.05) is 40.3 Å². The number of pyridine rings is 1. The largest absolute Gasteiger partial charge is 0.419 e. The smallest absolute Gasteiger partial charge is 0.305 e. The molecule has 1 aliphatic heterocycles. The molecule has 0 radical (unpaired) electrons. The number of hydrogen-bond acceptors (Lipinski definition) is 10. The minimum atomic E-state index is -3.96. The summed E-state index contributed by atoms with van der Waals surface area (Å²) >= 11 is 6.94. The molecule has 3 atom stereocenters. The predicted molar refractivity (Wildman–Crippen MR) is 165 cm³/mol. The van der Waals surface area contributed by atoms with E-state index >= 15 is 0 Å². The van der Waals surface area contributed by atoms with Crippen molar-refractivity contribution in [1.29, 1.82) is 0 Å². The van der Waals surface area contributed by atoms with Gasteiger partial charge in [-0.2, -0.15) is 12.7 Å². The molecule has 3 aromatic rings. The lowest BCUT2D eigenvalue weighted by Gasteiger charge is -2.32. The molecule has 12 nitrogen and oxygen atoms in total. The average molecular weight is 634 g/mol. The molecule has 2 N–H and O–H groups in total. The highest BCUT2D eigenvalue weighted by atomic mass is 35.5. The molecule has 1 aromatic carbocycles. The first-order valence-corrected chi connectivity index (χ1v) is 16.2. The Morgan fingerprint density at radius 3 is 2.56 bits per heavy atom. The Hall–Kier alpha value is -2.81. The van der Waals surface area contributed by atoms with E-state index in [4.69, 9.17) is 36.2 Å². The molecule has 1 aliphatic carbocycles. The highest BCUT2D eigenvalue weighted by Crippen LogP contribution is 2.42. The lowest BCUT2D eigenvalue weighted by atomic mass is 9.94. The fourth-order valence-electron chi connectivity index (χ4n) is 5.18. The zero-order valence-corrected chi connectivity index (χ0v) is 26.6. The number of morpholine rings is 1. The van der Waals surface area contributed by atoms with E-state index in [9.17, 15) is 8.42 Å². The van der Waals surface area contributed by atoms with Crippen LogP contribution in [0.5, 0.6) is 0 Å². The molecule has 2 aliphatic rings. The summed E-state index contributed by atoms with van der Waals surface area (Å²) in [4.78, 5) is 6.90. The molecule has 2 fully saturated rings. The number of ether oxygens (including phenoxy) is 2. The number of halogens is 1. The Morgan fingerprint density at radius 2 is 1.91 bits per heavy atom. The van der Waals surface area contributed by atoms with Gasteiger partial charge in [-0.15, -0.1) is 10.2 Å². The zero-order valence-electron chi connectivity index (χ0n) is 25.1. The van der Waals surface area contributed by atoms with E-state index < -0.39 is 15.7 Å². The summed E-state index contributed by atoms with van der Waals surface area (Å²) < 4.78 is 46.7. The van der Waals surface area contributed by atoms with Crippen LogP contribution < -0.4 is 14.9 Å². The van der Waals surface area contributed by atoms with Crippen LogP contribution >= 0.6 is 11.6 Å².